The van der Waals surface area contributed by atoms with E-state index in [4.69, 9.17) is 27.9 Å². The Bertz CT molecular complexity index is 1790. The zero-order valence-corrected chi connectivity index (χ0v) is 30.1. The third-order valence-corrected chi connectivity index (χ3v) is 9.98. The second-order valence-electron chi connectivity index (χ2n) is 12.4. The zero-order valence-electron chi connectivity index (χ0n) is 27.7. The van der Waals surface area contributed by atoms with Gasteiger partial charge in [-0.1, -0.05) is 77.3 Å². The molecule has 0 aromatic heterocycles. The Morgan fingerprint density at radius 2 is 1.46 bits per heavy atom. The van der Waals surface area contributed by atoms with Gasteiger partial charge in [0.05, 0.1) is 17.2 Å². The van der Waals surface area contributed by atoms with E-state index in [0.29, 0.717) is 28.0 Å². The molecule has 0 bridgehead atoms. The Hall–Kier alpha value is -4.05. The summed E-state index contributed by atoms with van der Waals surface area (Å²) in [6.07, 6.45) is 0.159. The Balaban J connectivity index is 1.84. The molecule has 4 rings (SSSR count). The van der Waals surface area contributed by atoms with Crippen molar-refractivity contribution in [3.05, 3.63) is 124 Å². The van der Waals surface area contributed by atoms with Crippen LogP contribution < -0.4 is 14.4 Å². The van der Waals surface area contributed by atoms with Crippen LogP contribution in [0.3, 0.4) is 0 Å². The average Bonchev–Trinajstić information content (AvgIpc) is 3.03. The first-order valence-corrected chi connectivity index (χ1v) is 17.8. The summed E-state index contributed by atoms with van der Waals surface area (Å²) in [6.45, 7) is 8.96. The average molecular weight is 711 g/mol. The van der Waals surface area contributed by atoms with Gasteiger partial charge in [-0.25, -0.2) is 8.42 Å². The van der Waals surface area contributed by atoms with Crippen molar-refractivity contribution in [2.24, 2.45) is 0 Å². The summed E-state index contributed by atoms with van der Waals surface area (Å²) in [5.74, 6) is -0.504. The minimum atomic E-state index is -4.27. The number of hydrogen-bond acceptors (Lipinski definition) is 5. The van der Waals surface area contributed by atoms with Gasteiger partial charge in [0.25, 0.3) is 10.0 Å². The fourth-order valence-corrected chi connectivity index (χ4v) is 7.03. The van der Waals surface area contributed by atoms with Crippen molar-refractivity contribution in [2.45, 2.75) is 64.1 Å². The molecular formula is C37H41Cl2N3O5S. The van der Waals surface area contributed by atoms with Crippen LogP contribution in [0.25, 0.3) is 0 Å². The molecule has 0 aliphatic rings. The molecule has 0 aliphatic carbocycles. The summed E-state index contributed by atoms with van der Waals surface area (Å²) in [4.78, 5) is 30.1. The molecule has 1 atom stereocenters. The molecule has 0 saturated heterocycles. The molecule has 48 heavy (non-hydrogen) atoms. The number of sulfonamides is 1. The van der Waals surface area contributed by atoms with E-state index in [9.17, 15) is 18.0 Å². The summed E-state index contributed by atoms with van der Waals surface area (Å²) in [7, 11) is -4.27. The maximum atomic E-state index is 14.7. The molecule has 8 nitrogen and oxygen atoms in total. The summed E-state index contributed by atoms with van der Waals surface area (Å²) in [5, 5.41) is 3.64. The molecule has 0 saturated carbocycles. The van der Waals surface area contributed by atoms with Crippen LogP contribution in [-0.4, -0.2) is 49.9 Å². The van der Waals surface area contributed by atoms with Gasteiger partial charge in [-0.05, 0) is 88.7 Å². The number of hydrogen-bond donors (Lipinski definition) is 1. The number of amides is 2. The van der Waals surface area contributed by atoms with Crippen LogP contribution in [0, 0.1) is 6.92 Å². The predicted octanol–water partition coefficient (Wildman–Crippen LogP) is 7.45. The third kappa shape index (κ3) is 9.52. The fourth-order valence-electron chi connectivity index (χ4n) is 5.10. The highest BCUT2D eigenvalue weighted by molar-refractivity contribution is 7.92. The molecule has 254 valence electrons. The number of benzene rings is 4. The number of carbonyl (C=O) groups is 2. The lowest BCUT2D eigenvalue weighted by molar-refractivity contribution is -0.140. The summed E-state index contributed by atoms with van der Waals surface area (Å²) >= 11 is 13.2. The van der Waals surface area contributed by atoms with Crippen molar-refractivity contribution in [3.8, 4) is 5.75 Å². The molecule has 1 N–H and O–H groups in total. The highest BCUT2D eigenvalue weighted by Gasteiger charge is 2.36. The first-order chi connectivity index (χ1) is 22.7. The SMILES string of the molecule is CCOc1ccc(S(=O)(=O)N(CC(=O)N(Cc2c(Cl)cccc2Cl)C(Cc2ccccc2)C(=O)NC(C)(C)C)c2ccc(C)cc2)cc1. The fraction of sp³-hybridized carbons (Fsp3) is 0.297. The van der Waals surface area contributed by atoms with Crippen molar-refractivity contribution in [2.75, 3.05) is 17.5 Å². The Kier molecular flexibility index (Phi) is 12.2. The lowest BCUT2D eigenvalue weighted by Crippen LogP contribution is -2.56. The van der Waals surface area contributed by atoms with Crippen molar-refractivity contribution in [3.63, 3.8) is 0 Å². The number of nitrogens with zero attached hydrogens (tertiary/aromatic N) is 2. The first-order valence-electron chi connectivity index (χ1n) is 15.6. The molecule has 0 spiro atoms. The van der Waals surface area contributed by atoms with Crippen molar-refractivity contribution >= 4 is 50.7 Å². The first kappa shape index (κ1) is 36.8. The van der Waals surface area contributed by atoms with E-state index in [0.717, 1.165) is 15.4 Å². The van der Waals surface area contributed by atoms with Gasteiger partial charge >= 0.3 is 0 Å². The van der Waals surface area contributed by atoms with E-state index in [2.05, 4.69) is 5.32 Å². The molecule has 0 aliphatic heterocycles. The highest BCUT2D eigenvalue weighted by Crippen LogP contribution is 2.30. The van der Waals surface area contributed by atoms with E-state index in [1.54, 1.807) is 54.6 Å². The van der Waals surface area contributed by atoms with Crippen LogP contribution in [0.15, 0.2) is 102 Å². The van der Waals surface area contributed by atoms with Gasteiger partial charge in [0, 0.05) is 34.1 Å². The van der Waals surface area contributed by atoms with Gasteiger partial charge in [-0.2, -0.15) is 0 Å². The minimum Gasteiger partial charge on any atom is -0.494 e. The molecule has 0 heterocycles. The lowest BCUT2D eigenvalue weighted by Gasteiger charge is -2.35. The van der Waals surface area contributed by atoms with Gasteiger partial charge in [0.15, 0.2) is 0 Å². The van der Waals surface area contributed by atoms with Gasteiger partial charge in [-0.3, -0.25) is 13.9 Å². The number of halogens is 2. The van der Waals surface area contributed by atoms with E-state index in [1.807, 2.05) is 65.0 Å². The number of rotatable bonds is 13. The van der Waals surface area contributed by atoms with Gasteiger partial charge in [-0.15, -0.1) is 0 Å². The Morgan fingerprint density at radius 3 is 2.02 bits per heavy atom. The minimum absolute atomic E-state index is 0.0219. The number of anilines is 1. The number of ether oxygens (including phenoxy) is 1. The molecule has 4 aromatic rings. The standard InChI is InChI=1S/C37H41Cl2N3O5S/c1-6-47-29-19-21-30(22-20-29)48(45,46)42(28-17-15-26(2)16-18-28)25-35(43)41(24-31-32(38)13-10-14-33(31)39)34(36(44)40-37(3,4)5)23-27-11-8-7-9-12-27/h7-22,34H,6,23-25H2,1-5H3,(H,40,44). The summed E-state index contributed by atoms with van der Waals surface area (Å²) in [5.41, 5.74) is 1.84. The highest BCUT2D eigenvalue weighted by atomic mass is 35.5. The number of aryl methyl sites for hydroxylation is 1. The molecule has 1 unspecified atom stereocenters. The van der Waals surface area contributed by atoms with Gasteiger partial charge in [0.2, 0.25) is 11.8 Å². The van der Waals surface area contributed by atoms with Crippen LogP contribution in [-0.2, 0) is 32.6 Å². The number of carbonyl (C=O) groups excluding carboxylic acids is 2. The van der Waals surface area contributed by atoms with E-state index >= 15 is 0 Å². The molecule has 2 amide bonds. The van der Waals surface area contributed by atoms with Gasteiger partial charge in [0.1, 0.15) is 18.3 Å². The second-order valence-corrected chi connectivity index (χ2v) is 15.1. The maximum Gasteiger partial charge on any atom is 0.264 e. The molecule has 11 heteroatoms. The largest absolute Gasteiger partial charge is 0.494 e. The van der Waals surface area contributed by atoms with E-state index in [1.165, 1.54) is 17.0 Å². The van der Waals surface area contributed by atoms with Crippen LogP contribution in [0.1, 0.15) is 44.4 Å². The second kappa shape index (κ2) is 15.9. The third-order valence-electron chi connectivity index (χ3n) is 7.48. The molecule has 4 aromatic carbocycles. The summed E-state index contributed by atoms with van der Waals surface area (Å²) in [6, 6.07) is 26.2. The van der Waals surface area contributed by atoms with Crippen LogP contribution in [0.5, 0.6) is 5.75 Å². The lowest BCUT2D eigenvalue weighted by atomic mass is 10.0. The molecule has 0 fully saturated rings. The quantitative estimate of drug-likeness (QED) is 0.156. The maximum absolute atomic E-state index is 14.7. The van der Waals surface area contributed by atoms with Crippen LogP contribution in [0.2, 0.25) is 10.0 Å². The Morgan fingerprint density at radius 1 is 0.854 bits per heavy atom. The summed E-state index contributed by atoms with van der Waals surface area (Å²) < 4.78 is 35.1. The number of nitrogens with one attached hydrogen (secondary N) is 1. The van der Waals surface area contributed by atoms with Crippen molar-refractivity contribution < 1.29 is 22.7 Å². The molecule has 0 radical (unpaired) electrons. The van der Waals surface area contributed by atoms with Crippen LogP contribution in [0.4, 0.5) is 5.69 Å². The van der Waals surface area contributed by atoms with Gasteiger partial charge < -0.3 is 15.0 Å². The van der Waals surface area contributed by atoms with E-state index < -0.39 is 40.0 Å². The smallest absolute Gasteiger partial charge is 0.264 e. The predicted molar refractivity (Wildman–Crippen MR) is 192 cm³/mol. The zero-order chi connectivity index (χ0) is 35.1. The topological polar surface area (TPSA) is 96.0 Å². The monoisotopic (exact) mass is 709 g/mol. The van der Waals surface area contributed by atoms with Crippen molar-refractivity contribution in [1.82, 2.24) is 10.2 Å². The molecular weight excluding hydrogens is 669 g/mol. The van der Waals surface area contributed by atoms with E-state index in [-0.39, 0.29) is 23.5 Å². The van der Waals surface area contributed by atoms with Crippen LogP contribution >= 0.6 is 23.2 Å². The normalized spacial score (nSPS) is 12.2. The van der Waals surface area contributed by atoms with Crippen molar-refractivity contribution in [1.29, 1.82) is 0 Å². The Labute approximate surface area is 293 Å².